The molecule has 2 aliphatic heterocycles. The first-order valence-corrected chi connectivity index (χ1v) is 8.94. The standard InChI is InChI=1S/C21H24N4/c1-13-4-5-14(2)19(8-13)24-16-9-15(11-22)21-17(10-16)18-12-23-7-6-20(18)25(21)3/h4-5,8-10,18,20,23-24H,6-7,12H2,1-3H3/t18-,20-/m0/s1. The van der Waals surface area contributed by atoms with Gasteiger partial charge in [-0.05, 0) is 61.7 Å². The lowest BCUT2D eigenvalue weighted by Gasteiger charge is -2.31. The van der Waals surface area contributed by atoms with Crippen molar-refractivity contribution in [2.45, 2.75) is 32.2 Å². The van der Waals surface area contributed by atoms with Crippen LogP contribution < -0.4 is 15.5 Å². The Morgan fingerprint density at radius 3 is 2.88 bits per heavy atom. The Morgan fingerprint density at radius 2 is 2.08 bits per heavy atom. The maximum atomic E-state index is 9.72. The first kappa shape index (κ1) is 16.0. The largest absolute Gasteiger partial charge is 0.370 e. The predicted molar refractivity (Wildman–Crippen MR) is 103 cm³/mol. The van der Waals surface area contributed by atoms with Gasteiger partial charge in [-0.15, -0.1) is 0 Å². The van der Waals surface area contributed by atoms with Gasteiger partial charge in [0.2, 0.25) is 0 Å². The zero-order valence-corrected chi connectivity index (χ0v) is 15.1. The topological polar surface area (TPSA) is 51.1 Å². The van der Waals surface area contributed by atoms with Gasteiger partial charge in [-0.2, -0.15) is 5.26 Å². The van der Waals surface area contributed by atoms with Crippen molar-refractivity contribution >= 4 is 17.1 Å². The Kier molecular flexibility index (Phi) is 3.89. The summed E-state index contributed by atoms with van der Waals surface area (Å²) in [6.45, 7) is 6.24. The molecule has 128 valence electrons. The number of nitriles is 1. The lowest BCUT2D eigenvalue weighted by Crippen LogP contribution is -2.42. The second-order valence-electron chi connectivity index (χ2n) is 7.29. The average molecular weight is 332 g/mol. The summed E-state index contributed by atoms with van der Waals surface area (Å²) in [5.41, 5.74) is 7.73. The second kappa shape index (κ2) is 6.09. The number of fused-ring (bicyclic) bond motifs is 3. The quantitative estimate of drug-likeness (QED) is 0.878. The minimum atomic E-state index is 0.459. The van der Waals surface area contributed by atoms with Crippen LogP contribution in [0, 0.1) is 25.2 Å². The van der Waals surface area contributed by atoms with Crippen LogP contribution in [0.3, 0.4) is 0 Å². The molecule has 0 aromatic heterocycles. The van der Waals surface area contributed by atoms with Crippen LogP contribution in [0.5, 0.6) is 0 Å². The number of nitrogens with zero attached hydrogens (tertiary/aromatic N) is 2. The van der Waals surface area contributed by atoms with E-state index >= 15 is 0 Å². The molecule has 4 nitrogen and oxygen atoms in total. The number of nitrogens with one attached hydrogen (secondary N) is 2. The van der Waals surface area contributed by atoms with E-state index in [1.165, 1.54) is 16.7 Å². The summed E-state index contributed by atoms with van der Waals surface area (Å²) in [6.07, 6.45) is 1.13. The Hall–Kier alpha value is -2.51. The molecule has 4 heteroatoms. The molecule has 2 N–H and O–H groups in total. The Bertz CT molecular complexity index is 865. The molecule has 0 bridgehead atoms. The molecule has 2 aliphatic rings. The molecular weight excluding hydrogens is 308 g/mol. The summed E-state index contributed by atoms with van der Waals surface area (Å²) in [7, 11) is 2.13. The van der Waals surface area contributed by atoms with Crippen LogP contribution in [0.4, 0.5) is 17.1 Å². The number of piperidine rings is 1. The summed E-state index contributed by atoms with van der Waals surface area (Å²) in [4.78, 5) is 2.32. The molecule has 1 fully saturated rings. The maximum Gasteiger partial charge on any atom is 0.101 e. The van der Waals surface area contributed by atoms with Crippen molar-refractivity contribution < 1.29 is 0 Å². The molecule has 0 radical (unpaired) electrons. The number of aryl methyl sites for hydroxylation is 2. The summed E-state index contributed by atoms with van der Waals surface area (Å²) in [6, 6.07) is 13.6. The predicted octanol–water partition coefficient (Wildman–Crippen LogP) is 3.81. The van der Waals surface area contributed by atoms with E-state index in [4.69, 9.17) is 0 Å². The lowest BCUT2D eigenvalue weighted by atomic mass is 9.89. The van der Waals surface area contributed by atoms with Crippen LogP contribution in [-0.4, -0.2) is 26.2 Å². The zero-order chi connectivity index (χ0) is 17.6. The highest BCUT2D eigenvalue weighted by molar-refractivity contribution is 5.77. The number of anilines is 3. The highest BCUT2D eigenvalue weighted by Crippen LogP contribution is 2.45. The van der Waals surface area contributed by atoms with E-state index in [-0.39, 0.29) is 0 Å². The van der Waals surface area contributed by atoms with Crippen molar-refractivity contribution in [3.63, 3.8) is 0 Å². The Morgan fingerprint density at radius 1 is 1.24 bits per heavy atom. The number of rotatable bonds is 2. The number of benzene rings is 2. The van der Waals surface area contributed by atoms with E-state index in [1.807, 2.05) is 6.07 Å². The molecule has 0 spiro atoms. The van der Waals surface area contributed by atoms with Crippen LogP contribution in [0.2, 0.25) is 0 Å². The van der Waals surface area contributed by atoms with Gasteiger partial charge in [-0.1, -0.05) is 12.1 Å². The molecule has 0 saturated carbocycles. The monoisotopic (exact) mass is 332 g/mol. The highest BCUT2D eigenvalue weighted by atomic mass is 15.2. The molecule has 2 heterocycles. The van der Waals surface area contributed by atoms with Crippen LogP contribution in [0.25, 0.3) is 0 Å². The first-order valence-electron chi connectivity index (χ1n) is 8.94. The van der Waals surface area contributed by atoms with Gasteiger partial charge in [0.1, 0.15) is 6.07 Å². The summed E-state index contributed by atoms with van der Waals surface area (Å²) in [5.74, 6) is 0.459. The SMILES string of the molecule is Cc1ccc(C)c(Nc2cc(C#N)c3c(c2)[C@@H]2CNCC[C@@H]2N3C)c1. The minimum Gasteiger partial charge on any atom is -0.370 e. The summed E-state index contributed by atoms with van der Waals surface area (Å²) in [5, 5.41) is 16.8. The van der Waals surface area contributed by atoms with Gasteiger partial charge in [0, 0.05) is 36.9 Å². The van der Waals surface area contributed by atoms with Crippen molar-refractivity contribution in [1.82, 2.24) is 5.32 Å². The van der Waals surface area contributed by atoms with Crippen LogP contribution in [-0.2, 0) is 0 Å². The van der Waals surface area contributed by atoms with Gasteiger partial charge in [-0.3, -0.25) is 0 Å². The van der Waals surface area contributed by atoms with Crippen LogP contribution in [0.1, 0.15) is 34.6 Å². The van der Waals surface area contributed by atoms with Gasteiger partial charge in [0.15, 0.2) is 0 Å². The molecule has 4 rings (SSSR count). The summed E-state index contributed by atoms with van der Waals surface area (Å²) < 4.78 is 0. The second-order valence-corrected chi connectivity index (χ2v) is 7.29. The van der Waals surface area contributed by atoms with Crippen molar-refractivity contribution in [2.24, 2.45) is 0 Å². The van der Waals surface area contributed by atoms with Crippen LogP contribution in [0.15, 0.2) is 30.3 Å². The fourth-order valence-corrected chi connectivity index (χ4v) is 4.31. The van der Waals surface area contributed by atoms with E-state index in [2.05, 4.69) is 66.8 Å². The maximum absolute atomic E-state index is 9.72. The Balaban J connectivity index is 1.77. The summed E-state index contributed by atoms with van der Waals surface area (Å²) >= 11 is 0. The number of hydrogen-bond donors (Lipinski definition) is 2. The highest BCUT2D eigenvalue weighted by Gasteiger charge is 2.39. The average Bonchev–Trinajstić information content (AvgIpc) is 2.91. The van der Waals surface area contributed by atoms with E-state index < -0.39 is 0 Å². The fourth-order valence-electron chi connectivity index (χ4n) is 4.31. The van der Waals surface area contributed by atoms with Gasteiger partial charge in [0.25, 0.3) is 0 Å². The van der Waals surface area contributed by atoms with Crippen molar-refractivity contribution in [3.05, 3.63) is 52.6 Å². The smallest absolute Gasteiger partial charge is 0.101 e. The molecule has 2 atom stereocenters. The Labute approximate surface area is 149 Å². The fraction of sp³-hybridized carbons (Fsp3) is 0.381. The third-order valence-corrected chi connectivity index (χ3v) is 5.63. The van der Waals surface area contributed by atoms with E-state index in [0.29, 0.717) is 12.0 Å². The third kappa shape index (κ3) is 2.65. The van der Waals surface area contributed by atoms with Gasteiger partial charge in [0.05, 0.1) is 11.3 Å². The molecule has 0 unspecified atom stereocenters. The number of hydrogen-bond acceptors (Lipinski definition) is 4. The molecule has 25 heavy (non-hydrogen) atoms. The van der Waals surface area contributed by atoms with E-state index in [0.717, 1.165) is 42.1 Å². The van der Waals surface area contributed by atoms with Crippen LogP contribution >= 0.6 is 0 Å². The van der Waals surface area contributed by atoms with Crippen molar-refractivity contribution in [3.8, 4) is 6.07 Å². The van der Waals surface area contributed by atoms with Gasteiger partial charge < -0.3 is 15.5 Å². The van der Waals surface area contributed by atoms with Crippen molar-refractivity contribution in [1.29, 1.82) is 5.26 Å². The van der Waals surface area contributed by atoms with E-state index in [1.54, 1.807) is 0 Å². The molecule has 1 saturated heterocycles. The lowest BCUT2D eigenvalue weighted by molar-refractivity contribution is 0.413. The van der Waals surface area contributed by atoms with Crippen molar-refractivity contribution in [2.75, 3.05) is 30.4 Å². The normalized spacial score (nSPS) is 21.4. The minimum absolute atomic E-state index is 0.459. The molecule has 0 amide bonds. The molecule has 2 aromatic carbocycles. The molecule has 0 aliphatic carbocycles. The van der Waals surface area contributed by atoms with E-state index in [9.17, 15) is 5.26 Å². The number of likely N-dealkylation sites (N-methyl/N-ethyl adjacent to an activating group) is 1. The molecule has 2 aromatic rings. The first-order chi connectivity index (χ1) is 12.1. The third-order valence-electron chi connectivity index (χ3n) is 5.63. The van der Waals surface area contributed by atoms with Gasteiger partial charge in [-0.25, -0.2) is 0 Å². The zero-order valence-electron chi connectivity index (χ0n) is 15.1. The van der Waals surface area contributed by atoms with Gasteiger partial charge >= 0.3 is 0 Å². The molecular formula is C21H24N4.